The predicted molar refractivity (Wildman–Crippen MR) is 114 cm³/mol. The molecule has 0 aliphatic carbocycles. The maximum Gasteiger partial charge on any atom is 0.321 e. The average molecular weight is 424 g/mol. The molecule has 0 fully saturated rings. The SMILES string of the molecule is CCc1nc(CCNC(=O)Nc2nc3ccc(-c4cncc(OC)c4)cc3s2)no1. The van der Waals surface area contributed by atoms with Gasteiger partial charge in [0.1, 0.15) is 5.75 Å². The zero-order valence-corrected chi connectivity index (χ0v) is 17.3. The molecule has 154 valence electrons. The van der Waals surface area contributed by atoms with E-state index in [0.717, 1.165) is 21.3 Å². The standard InChI is InChI=1S/C20H20N6O3S/c1-3-18-24-17(26-29-18)6-7-22-19(27)25-20-23-15-5-4-12(9-16(15)30-20)13-8-14(28-2)11-21-10-13/h4-5,8-11H,3,6-7H2,1-2H3,(H2,22,23,25,27). The van der Waals surface area contributed by atoms with Gasteiger partial charge in [-0.2, -0.15) is 4.98 Å². The number of ether oxygens (including phenoxy) is 1. The summed E-state index contributed by atoms with van der Waals surface area (Å²) in [6.45, 7) is 2.34. The van der Waals surface area contributed by atoms with Gasteiger partial charge >= 0.3 is 6.03 Å². The molecule has 9 nitrogen and oxygen atoms in total. The number of methoxy groups -OCH3 is 1. The summed E-state index contributed by atoms with van der Waals surface area (Å²) in [4.78, 5) is 25.0. The van der Waals surface area contributed by atoms with E-state index >= 15 is 0 Å². The smallest absolute Gasteiger partial charge is 0.321 e. The lowest BCUT2D eigenvalue weighted by Gasteiger charge is -2.03. The number of hydrogen-bond donors (Lipinski definition) is 2. The van der Waals surface area contributed by atoms with E-state index in [9.17, 15) is 4.79 Å². The normalized spacial score (nSPS) is 10.9. The number of hydrogen-bond acceptors (Lipinski definition) is 8. The lowest BCUT2D eigenvalue weighted by molar-refractivity contribution is 0.252. The molecule has 1 aromatic carbocycles. The highest BCUT2D eigenvalue weighted by Crippen LogP contribution is 2.31. The van der Waals surface area contributed by atoms with Crippen LogP contribution in [0.1, 0.15) is 18.6 Å². The van der Waals surface area contributed by atoms with E-state index in [0.29, 0.717) is 42.0 Å². The van der Waals surface area contributed by atoms with Crippen molar-refractivity contribution in [1.29, 1.82) is 0 Å². The number of carbonyl (C=O) groups is 1. The van der Waals surface area contributed by atoms with Crippen LogP contribution in [0, 0.1) is 0 Å². The number of anilines is 1. The van der Waals surface area contributed by atoms with Gasteiger partial charge in [0.2, 0.25) is 5.89 Å². The molecule has 2 N–H and O–H groups in total. The van der Waals surface area contributed by atoms with Gasteiger partial charge < -0.3 is 14.6 Å². The first-order valence-electron chi connectivity index (χ1n) is 9.41. The molecule has 0 aliphatic rings. The van der Waals surface area contributed by atoms with E-state index in [-0.39, 0.29) is 6.03 Å². The molecule has 4 rings (SSSR count). The molecule has 30 heavy (non-hydrogen) atoms. The number of rotatable bonds is 7. The minimum absolute atomic E-state index is 0.328. The van der Waals surface area contributed by atoms with E-state index in [2.05, 4.69) is 30.7 Å². The number of nitrogens with one attached hydrogen (secondary N) is 2. The maximum atomic E-state index is 12.2. The van der Waals surface area contributed by atoms with Crippen molar-refractivity contribution < 1.29 is 14.1 Å². The summed E-state index contributed by atoms with van der Waals surface area (Å²) < 4.78 is 11.2. The number of aromatic nitrogens is 4. The number of urea groups is 1. The quantitative estimate of drug-likeness (QED) is 0.465. The predicted octanol–water partition coefficient (Wildman–Crippen LogP) is 3.68. The second-order valence-corrected chi connectivity index (χ2v) is 7.43. The van der Waals surface area contributed by atoms with Crippen LogP contribution in [0.4, 0.5) is 9.93 Å². The Morgan fingerprint density at radius 2 is 2.10 bits per heavy atom. The minimum atomic E-state index is -0.328. The van der Waals surface area contributed by atoms with Crippen molar-refractivity contribution in [3.8, 4) is 16.9 Å². The van der Waals surface area contributed by atoms with Crippen molar-refractivity contribution in [2.45, 2.75) is 19.8 Å². The summed E-state index contributed by atoms with van der Waals surface area (Å²) in [6, 6.07) is 7.51. The van der Waals surface area contributed by atoms with Crippen molar-refractivity contribution in [3.63, 3.8) is 0 Å². The molecule has 0 unspecified atom stereocenters. The first-order valence-corrected chi connectivity index (χ1v) is 10.2. The monoisotopic (exact) mass is 424 g/mol. The lowest BCUT2D eigenvalue weighted by atomic mass is 10.1. The fourth-order valence-electron chi connectivity index (χ4n) is 2.81. The fourth-order valence-corrected chi connectivity index (χ4v) is 3.71. The number of thiazole rings is 1. The molecule has 10 heteroatoms. The Kier molecular flexibility index (Phi) is 5.84. The number of fused-ring (bicyclic) bond motifs is 1. The summed E-state index contributed by atoms with van der Waals surface area (Å²) in [5.74, 6) is 1.86. The van der Waals surface area contributed by atoms with Crippen LogP contribution in [0.3, 0.4) is 0 Å². The topological polar surface area (TPSA) is 115 Å². The molecular formula is C20H20N6O3S. The third kappa shape index (κ3) is 4.54. The van der Waals surface area contributed by atoms with Crippen molar-refractivity contribution in [2.75, 3.05) is 19.0 Å². The van der Waals surface area contributed by atoms with Crippen molar-refractivity contribution in [3.05, 3.63) is 48.4 Å². The van der Waals surface area contributed by atoms with Gasteiger partial charge in [-0.25, -0.2) is 9.78 Å². The fraction of sp³-hybridized carbons (Fsp3) is 0.250. The highest BCUT2D eigenvalue weighted by molar-refractivity contribution is 7.22. The molecule has 0 spiro atoms. The maximum absolute atomic E-state index is 12.2. The zero-order chi connectivity index (χ0) is 20.9. The molecule has 4 aromatic rings. The molecule has 0 saturated carbocycles. The molecule has 2 amide bonds. The van der Waals surface area contributed by atoms with Gasteiger partial charge in [0, 0.05) is 31.1 Å². The zero-order valence-electron chi connectivity index (χ0n) is 16.5. The van der Waals surface area contributed by atoms with Gasteiger partial charge in [0.15, 0.2) is 11.0 Å². The van der Waals surface area contributed by atoms with E-state index in [1.54, 1.807) is 19.5 Å². The van der Waals surface area contributed by atoms with Crippen LogP contribution >= 0.6 is 11.3 Å². The van der Waals surface area contributed by atoms with Crippen LogP contribution in [0.2, 0.25) is 0 Å². The Labute approximate surface area is 176 Å². The van der Waals surface area contributed by atoms with Gasteiger partial charge in [-0.15, -0.1) is 0 Å². The molecule has 0 bridgehead atoms. The molecule has 0 aliphatic heterocycles. The first-order chi connectivity index (χ1) is 14.6. The van der Waals surface area contributed by atoms with Crippen LogP contribution in [0.5, 0.6) is 5.75 Å². The Morgan fingerprint density at radius 3 is 2.90 bits per heavy atom. The van der Waals surface area contributed by atoms with E-state index in [1.807, 2.05) is 31.2 Å². The first kappa shape index (κ1) is 19.8. The van der Waals surface area contributed by atoms with Gasteiger partial charge in [-0.1, -0.05) is 29.5 Å². The van der Waals surface area contributed by atoms with Crippen molar-refractivity contribution in [1.82, 2.24) is 25.4 Å². The summed E-state index contributed by atoms with van der Waals surface area (Å²) in [5.41, 5.74) is 2.76. The third-order valence-electron chi connectivity index (χ3n) is 4.34. The van der Waals surface area contributed by atoms with E-state index in [1.165, 1.54) is 11.3 Å². The third-order valence-corrected chi connectivity index (χ3v) is 5.27. The van der Waals surface area contributed by atoms with Crippen LogP contribution in [0.15, 0.2) is 41.2 Å². The lowest BCUT2D eigenvalue weighted by Crippen LogP contribution is -2.30. The Morgan fingerprint density at radius 1 is 1.20 bits per heavy atom. The van der Waals surface area contributed by atoms with Crippen LogP contribution < -0.4 is 15.4 Å². The molecular weight excluding hydrogens is 404 g/mol. The number of nitrogens with zero attached hydrogens (tertiary/aromatic N) is 4. The number of pyridine rings is 1. The van der Waals surface area contributed by atoms with E-state index < -0.39 is 0 Å². The van der Waals surface area contributed by atoms with Crippen LogP contribution in [0.25, 0.3) is 21.3 Å². The average Bonchev–Trinajstić information content (AvgIpc) is 3.39. The van der Waals surface area contributed by atoms with E-state index in [4.69, 9.17) is 9.26 Å². The second kappa shape index (κ2) is 8.87. The number of benzene rings is 1. The molecule has 3 aromatic heterocycles. The Balaban J connectivity index is 1.38. The van der Waals surface area contributed by atoms with Crippen LogP contribution in [-0.4, -0.2) is 39.8 Å². The van der Waals surface area contributed by atoms with Gasteiger partial charge in [-0.05, 0) is 23.8 Å². The Hall–Kier alpha value is -3.53. The largest absolute Gasteiger partial charge is 0.495 e. The summed E-state index contributed by atoms with van der Waals surface area (Å²) in [7, 11) is 1.61. The summed E-state index contributed by atoms with van der Waals surface area (Å²) >= 11 is 1.41. The number of aryl methyl sites for hydroxylation is 1. The summed E-state index contributed by atoms with van der Waals surface area (Å²) in [5, 5.41) is 9.93. The highest BCUT2D eigenvalue weighted by Gasteiger charge is 2.10. The summed E-state index contributed by atoms with van der Waals surface area (Å²) in [6.07, 6.45) is 4.63. The van der Waals surface area contributed by atoms with Gasteiger partial charge in [-0.3, -0.25) is 10.3 Å². The molecule has 0 saturated heterocycles. The van der Waals surface area contributed by atoms with Crippen LogP contribution in [-0.2, 0) is 12.8 Å². The molecule has 0 atom stereocenters. The minimum Gasteiger partial charge on any atom is -0.495 e. The molecule has 3 heterocycles. The van der Waals surface area contributed by atoms with Crippen molar-refractivity contribution in [2.24, 2.45) is 0 Å². The second-order valence-electron chi connectivity index (χ2n) is 6.40. The number of amides is 2. The van der Waals surface area contributed by atoms with Gasteiger partial charge in [0.05, 0.1) is 23.5 Å². The van der Waals surface area contributed by atoms with Gasteiger partial charge in [0.25, 0.3) is 0 Å². The molecule has 0 radical (unpaired) electrons. The number of carbonyl (C=O) groups excluding carboxylic acids is 1. The highest BCUT2D eigenvalue weighted by atomic mass is 32.1. The Bertz CT molecular complexity index is 1170. The van der Waals surface area contributed by atoms with Crippen molar-refractivity contribution >= 4 is 32.7 Å².